The van der Waals surface area contributed by atoms with Crippen molar-refractivity contribution >= 4 is 5.97 Å². The van der Waals surface area contributed by atoms with Crippen molar-refractivity contribution in [2.24, 2.45) is 29.6 Å². The van der Waals surface area contributed by atoms with Crippen LogP contribution >= 0.6 is 0 Å². The van der Waals surface area contributed by atoms with E-state index in [9.17, 15) is 9.90 Å². The number of aliphatic carboxylic acids is 1. The maximum Gasteiger partial charge on any atom is 0.308 e. The molecule has 3 aliphatic carbocycles. The largest absolute Gasteiger partial charge is 0.481 e. The Morgan fingerprint density at radius 2 is 1.95 bits per heavy atom. The van der Waals surface area contributed by atoms with E-state index in [1.54, 1.807) is 0 Å². The molecule has 0 heterocycles. The van der Waals surface area contributed by atoms with Crippen LogP contribution in [0.15, 0.2) is 0 Å². The highest BCUT2D eigenvalue weighted by molar-refractivity contribution is 5.71. The van der Waals surface area contributed by atoms with Gasteiger partial charge in [0.25, 0.3) is 0 Å². The zero-order valence-electron chi connectivity index (χ0n) is 12.9. The van der Waals surface area contributed by atoms with Gasteiger partial charge in [-0.15, -0.1) is 0 Å². The first-order valence-corrected chi connectivity index (χ1v) is 8.47. The zero-order chi connectivity index (χ0) is 14.3. The summed E-state index contributed by atoms with van der Waals surface area (Å²) in [6.07, 6.45) is 8.72. The van der Waals surface area contributed by atoms with E-state index >= 15 is 0 Å². The minimum atomic E-state index is -0.582. The van der Waals surface area contributed by atoms with Gasteiger partial charge in [0, 0.05) is 12.6 Å². The average Bonchev–Trinajstić information content (AvgIpc) is 3.00. The predicted molar refractivity (Wildman–Crippen MR) is 79.5 cm³/mol. The molecule has 114 valence electrons. The normalized spacial score (nSPS) is 44.1. The molecule has 0 saturated heterocycles. The van der Waals surface area contributed by atoms with Crippen molar-refractivity contribution in [3.05, 3.63) is 0 Å². The summed E-state index contributed by atoms with van der Waals surface area (Å²) in [5, 5.41) is 9.48. The first kappa shape index (κ1) is 14.4. The standard InChI is InChI=1S/C17H29NO2/c1-11-3-6-15(17(19)20)16(7-11)18(2)10-14-9-12-4-5-13(14)8-12/h11-16H,3-10H2,1-2H3,(H,19,20). The van der Waals surface area contributed by atoms with E-state index in [1.807, 2.05) is 0 Å². The third-order valence-corrected chi connectivity index (χ3v) is 6.37. The molecule has 0 radical (unpaired) electrons. The second kappa shape index (κ2) is 5.67. The highest BCUT2D eigenvalue weighted by Crippen LogP contribution is 2.48. The third-order valence-electron chi connectivity index (χ3n) is 6.37. The highest BCUT2D eigenvalue weighted by atomic mass is 16.4. The minimum Gasteiger partial charge on any atom is -0.481 e. The Kier molecular flexibility index (Phi) is 4.07. The number of rotatable bonds is 4. The zero-order valence-corrected chi connectivity index (χ0v) is 12.9. The number of nitrogens with zero attached hydrogens (tertiary/aromatic N) is 1. The Labute approximate surface area is 122 Å². The van der Waals surface area contributed by atoms with Crippen LogP contribution < -0.4 is 0 Å². The number of carbonyl (C=O) groups is 1. The summed E-state index contributed by atoms with van der Waals surface area (Å²) in [4.78, 5) is 13.9. The molecule has 1 N–H and O–H groups in total. The van der Waals surface area contributed by atoms with Gasteiger partial charge in [0.05, 0.1) is 5.92 Å². The molecule has 20 heavy (non-hydrogen) atoms. The Morgan fingerprint density at radius 1 is 1.15 bits per heavy atom. The maximum atomic E-state index is 11.5. The summed E-state index contributed by atoms with van der Waals surface area (Å²) < 4.78 is 0. The Morgan fingerprint density at radius 3 is 2.55 bits per heavy atom. The van der Waals surface area contributed by atoms with Crippen LogP contribution in [-0.2, 0) is 4.79 Å². The van der Waals surface area contributed by atoms with Crippen LogP contribution in [0.5, 0.6) is 0 Å². The van der Waals surface area contributed by atoms with Gasteiger partial charge >= 0.3 is 5.97 Å². The topological polar surface area (TPSA) is 40.5 Å². The first-order chi connectivity index (χ1) is 9.54. The SMILES string of the molecule is CC1CCC(C(=O)O)C(N(C)CC2CC3CCC2C3)C1. The van der Waals surface area contributed by atoms with E-state index in [-0.39, 0.29) is 12.0 Å². The van der Waals surface area contributed by atoms with Crippen molar-refractivity contribution in [2.75, 3.05) is 13.6 Å². The summed E-state index contributed by atoms with van der Waals surface area (Å²) in [5.74, 6) is 2.71. The lowest BCUT2D eigenvalue weighted by atomic mass is 9.77. The highest BCUT2D eigenvalue weighted by Gasteiger charge is 2.42. The molecule has 3 heteroatoms. The molecule has 0 amide bonds. The molecule has 6 atom stereocenters. The summed E-state index contributed by atoms with van der Waals surface area (Å²) in [6.45, 7) is 3.40. The van der Waals surface area contributed by atoms with Crippen LogP contribution in [0.4, 0.5) is 0 Å². The van der Waals surface area contributed by atoms with Crippen LogP contribution in [0.3, 0.4) is 0 Å². The molecule has 0 spiro atoms. The van der Waals surface area contributed by atoms with E-state index in [0.29, 0.717) is 5.92 Å². The van der Waals surface area contributed by atoms with Gasteiger partial charge in [-0.05, 0) is 69.2 Å². The summed E-state index contributed by atoms with van der Waals surface area (Å²) in [5.41, 5.74) is 0. The molecule has 0 aromatic carbocycles. The van der Waals surface area contributed by atoms with Crippen LogP contribution in [0, 0.1) is 29.6 Å². The monoisotopic (exact) mass is 279 g/mol. The van der Waals surface area contributed by atoms with Crippen molar-refractivity contribution in [2.45, 2.75) is 57.9 Å². The number of carboxylic acid groups (broad SMARTS) is 1. The van der Waals surface area contributed by atoms with E-state index in [1.165, 1.54) is 25.7 Å². The van der Waals surface area contributed by atoms with E-state index < -0.39 is 5.97 Å². The van der Waals surface area contributed by atoms with Crippen molar-refractivity contribution < 1.29 is 9.90 Å². The van der Waals surface area contributed by atoms with Crippen LogP contribution in [0.25, 0.3) is 0 Å². The fourth-order valence-corrected chi connectivity index (χ4v) is 5.23. The molecule has 3 fully saturated rings. The van der Waals surface area contributed by atoms with Crippen LogP contribution in [0.2, 0.25) is 0 Å². The number of hydrogen-bond donors (Lipinski definition) is 1. The Balaban J connectivity index is 1.62. The summed E-state index contributed by atoms with van der Waals surface area (Å²) in [7, 11) is 2.17. The molecule has 0 aromatic heterocycles. The molecule has 6 unspecified atom stereocenters. The van der Waals surface area contributed by atoms with Gasteiger partial charge in [-0.25, -0.2) is 0 Å². The molecule has 3 aliphatic rings. The first-order valence-electron chi connectivity index (χ1n) is 8.47. The second-order valence-corrected chi connectivity index (χ2v) is 7.80. The molecule has 2 bridgehead atoms. The fourth-order valence-electron chi connectivity index (χ4n) is 5.23. The lowest BCUT2D eigenvalue weighted by Crippen LogP contribution is -2.47. The van der Waals surface area contributed by atoms with Crippen LogP contribution in [0.1, 0.15) is 51.9 Å². The van der Waals surface area contributed by atoms with Gasteiger partial charge in [-0.1, -0.05) is 13.3 Å². The molecular weight excluding hydrogens is 250 g/mol. The fraction of sp³-hybridized carbons (Fsp3) is 0.941. The Hall–Kier alpha value is -0.570. The number of hydrogen-bond acceptors (Lipinski definition) is 2. The van der Waals surface area contributed by atoms with Gasteiger partial charge < -0.3 is 10.0 Å². The lowest BCUT2D eigenvalue weighted by Gasteiger charge is -2.40. The predicted octanol–water partition coefficient (Wildman–Crippen LogP) is 3.24. The van der Waals surface area contributed by atoms with Crippen molar-refractivity contribution in [3.63, 3.8) is 0 Å². The van der Waals surface area contributed by atoms with Gasteiger partial charge in [0.1, 0.15) is 0 Å². The third kappa shape index (κ3) is 2.74. The van der Waals surface area contributed by atoms with Gasteiger partial charge in [0.15, 0.2) is 0 Å². The Bertz CT molecular complexity index is 370. The van der Waals surface area contributed by atoms with E-state index in [4.69, 9.17) is 0 Å². The maximum absolute atomic E-state index is 11.5. The average molecular weight is 279 g/mol. The summed E-state index contributed by atoms with van der Waals surface area (Å²) >= 11 is 0. The number of carboxylic acids is 1. The van der Waals surface area contributed by atoms with Gasteiger partial charge in [0.2, 0.25) is 0 Å². The van der Waals surface area contributed by atoms with Crippen molar-refractivity contribution in [1.29, 1.82) is 0 Å². The van der Waals surface area contributed by atoms with E-state index in [2.05, 4.69) is 18.9 Å². The van der Waals surface area contributed by atoms with Crippen molar-refractivity contribution in [1.82, 2.24) is 4.90 Å². The molecule has 0 aliphatic heterocycles. The summed E-state index contributed by atoms with van der Waals surface area (Å²) in [6, 6.07) is 0.260. The van der Waals surface area contributed by atoms with E-state index in [0.717, 1.165) is 43.6 Å². The minimum absolute atomic E-state index is 0.144. The van der Waals surface area contributed by atoms with Crippen molar-refractivity contribution in [3.8, 4) is 0 Å². The molecule has 3 rings (SSSR count). The molecule has 0 aromatic rings. The lowest BCUT2D eigenvalue weighted by molar-refractivity contribution is -0.146. The van der Waals surface area contributed by atoms with Gasteiger partial charge in [-0.3, -0.25) is 4.79 Å². The quantitative estimate of drug-likeness (QED) is 0.859. The van der Waals surface area contributed by atoms with Gasteiger partial charge in [-0.2, -0.15) is 0 Å². The number of fused-ring (bicyclic) bond motifs is 2. The van der Waals surface area contributed by atoms with Crippen LogP contribution in [-0.4, -0.2) is 35.6 Å². The molecule has 3 saturated carbocycles. The second-order valence-electron chi connectivity index (χ2n) is 7.80. The molecular formula is C17H29NO2. The molecule has 3 nitrogen and oxygen atoms in total. The smallest absolute Gasteiger partial charge is 0.308 e.